The summed E-state index contributed by atoms with van der Waals surface area (Å²) in [5.41, 5.74) is 3.43. The molecule has 0 amide bonds. The second-order valence-corrected chi connectivity index (χ2v) is 6.37. The molecule has 0 radical (unpaired) electrons. The third-order valence-electron chi connectivity index (χ3n) is 4.81. The molecule has 0 saturated heterocycles. The molecule has 0 unspecified atom stereocenters. The molecule has 1 aliphatic carbocycles. The number of allylic oxidation sites excluding steroid dienone is 1. The zero-order valence-corrected chi connectivity index (χ0v) is 14.5. The lowest BCUT2D eigenvalue weighted by Crippen LogP contribution is -2.21. The van der Waals surface area contributed by atoms with E-state index in [2.05, 4.69) is 5.10 Å². The van der Waals surface area contributed by atoms with E-state index in [1.807, 2.05) is 72.8 Å². The molecule has 3 aromatic carbocycles. The highest BCUT2D eigenvalue weighted by atomic mass is 16.3. The molecule has 27 heavy (non-hydrogen) atoms. The Labute approximate surface area is 157 Å². The third-order valence-corrected chi connectivity index (χ3v) is 4.81. The van der Waals surface area contributed by atoms with Crippen molar-refractivity contribution >= 4 is 17.3 Å². The summed E-state index contributed by atoms with van der Waals surface area (Å²) in [6, 6.07) is 26.2. The first-order chi connectivity index (χ1) is 13.2. The van der Waals surface area contributed by atoms with Crippen LogP contribution in [0, 0.1) is 0 Å². The first-order valence-corrected chi connectivity index (χ1v) is 8.67. The summed E-state index contributed by atoms with van der Waals surface area (Å²) in [5, 5.41) is 14.6. The van der Waals surface area contributed by atoms with Crippen molar-refractivity contribution in [3.8, 4) is 0 Å². The van der Waals surface area contributed by atoms with Gasteiger partial charge in [-0.05, 0) is 11.1 Å². The van der Waals surface area contributed by atoms with Gasteiger partial charge in [-0.1, -0.05) is 84.9 Å². The molecule has 1 aliphatic rings. The number of nitrogens with zero attached hydrogens (tertiary/aromatic N) is 1. The number of aliphatic hydroxyl groups is 1. The summed E-state index contributed by atoms with van der Waals surface area (Å²) < 4.78 is 0. The van der Waals surface area contributed by atoms with Gasteiger partial charge in [-0.15, -0.1) is 0 Å². The fourth-order valence-corrected chi connectivity index (χ4v) is 3.58. The van der Waals surface area contributed by atoms with Gasteiger partial charge in [0.2, 0.25) is 0 Å². The lowest BCUT2D eigenvalue weighted by Gasteiger charge is -2.18. The molecule has 3 N–H and O–H groups in total. The summed E-state index contributed by atoms with van der Waals surface area (Å²) in [7, 11) is 0. The van der Waals surface area contributed by atoms with Crippen molar-refractivity contribution in [2.45, 2.75) is 5.92 Å². The minimum Gasteiger partial charge on any atom is -0.506 e. The predicted octanol–water partition coefficient (Wildman–Crippen LogP) is 4.03. The molecule has 4 heteroatoms. The predicted molar refractivity (Wildman–Crippen MR) is 106 cm³/mol. The van der Waals surface area contributed by atoms with Crippen molar-refractivity contribution in [1.29, 1.82) is 0 Å². The number of nitrogens with two attached hydrogens (primary N) is 1. The van der Waals surface area contributed by atoms with Crippen LogP contribution in [0.15, 0.2) is 95.6 Å². The zero-order chi connectivity index (χ0) is 18.8. The highest BCUT2D eigenvalue weighted by Gasteiger charge is 2.36. The first kappa shape index (κ1) is 16.8. The summed E-state index contributed by atoms with van der Waals surface area (Å²) in [6.07, 6.45) is 0. The summed E-state index contributed by atoms with van der Waals surface area (Å²) in [6.45, 7) is 0. The maximum atomic E-state index is 13.6. The number of carbonyl (C=O) groups is 1. The maximum absolute atomic E-state index is 13.6. The Hall–Kier alpha value is -3.66. The Morgan fingerprint density at radius 1 is 0.778 bits per heavy atom. The Morgan fingerprint density at radius 3 is 1.78 bits per heavy atom. The van der Waals surface area contributed by atoms with Gasteiger partial charge in [0.25, 0.3) is 0 Å². The van der Waals surface area contributed by atoms with E-state index < -0.39 is 5.92 Å². The Morgan fingerprint density at radius 2 is 1.26 bits per heavy atom. The van der Waals surface area contributed by atoms with Gasteiger partial charge in [0.05, 0.1) is 11.5 Å². The molecular weight excluding hydrogens is 336 g/mol. The van der Waals surface area contributed by atoms with Crippen molar-refractivity contribution in [3.05, 3.63) is 113 Å². The molecule has 0 aliphatic heterocycles. The van der Waals surface area contributed by atoms with Gasteiger partial charge in [-0.25, -0.2) is 0 Å². The SMILES string of the molecule is N/N=C1\C(C(=O)C(c2ccccc2)c2ccccc2)=C(O)c2ccccc21. The average Bonchev–Trinajstić information content (AvgIpc) is 3.02. The normalized spacial score (nSPS) is 14.6. The van der Waals surface area contributed by atoms with Gasteiger partial charge in [-0.3, -0.25) is 4.79 Å². The standard InChI is InChI=1S/C23H18N2O2/c24-25-21-17-13-7-8-14-18(17)22(26)20(21)23(27)19(15-9-3-1-4-10-15)16-11-5-2-6-12-16/h1-14,19,26H,24H2/b25-21-. The van der Waals surface area contributed by atoms with Crippen molar-refractivity contribution < 1.29 is 9.90 Å². The van der Waals surface area contributed by atoms with Gasteiger partial charge >= 0.3 is 0 Å². The highest BCUT2D eigenvalue weighted by Crippen LogP contribution is 2.37. The number of aliphatic hydroxyl groups excluding tert-OH is 1. The molecule has 0 saturated carbocycles. The second-order valence-electron chi connectivity index (χ2n) is 6.37. The molecule has 0 bridgehead atoms. The zero-order valence-electron chi connectivity index (χ0n) is 14.5. The first-order valence-electron chi connectivity index (χ1n) is 8.67. The molecule has 0 atom stereocenters. The van der Waals surface area contributed by atoms with Gasteiger partial charge in [0, 0.05) is 11.1 Å². The fourth-order valence-electron chi connectivity index (χ4n) is 3.58. The van der Waals surface area contributed by atoms with E-state index in [0.717, 1.165) is 11.1 Å². The van der Waals surface area contributed by atoms with Gasteiger partial charge in [-0.2, -0.15) is 5.10 Å². The smallest absolute Gasteiger partial charge is 0.180 e. The lowest BCUT2D eigenvalue weighted by molar-refractivity contribution is -0.115. The maximum Gasteiger partial charge on any atom is 0.180 e. The summed E-state index contributed by atoms with van der Waals surface area (Å²) in [5.74, 6) is 4.74. The average molecular weight is 354 g/mol. The third kappa shape index (κ3) is 2.81. The van der Waals surface area contributed by atoms with Crippen LogP contribution in [0.3, 0.4) is 0 Å². The molecule has 0 aromatic heterocycles. The number of Topliss-reactive ketones (excluding diaryl/α,β-unsaturated/α-hetero) is 1. The number of fused-ring (bicyclic) bond motifs is 1. The molecule has 4 rings (SSSR count). The van der Waals surface area contributed by atoms with Crippen LogP contribution < -0.4 is 5.84 Å². The van der Waals surface area contributed by atoms with E-state index in [9.17, 15) is 9.90 Å². The molecular formula is C23H18N2O2. The van der Waals surface area contributed by atoms with Crippen molar-refractivity contribution in [1.82, 2.24) is 0 Å². The van der Waals surface area contributed by atoms with Crippen LogP contribution in [0.25, 0.3) is 5.76 Å². The minimum atomic E-state index is -0.560. The minimum absolute atomic E-state index is 0.0725. The van der Waals surface area contributed by atoms with Crippen LogP contribution in [0.5, 0.6) is 0 Å². The number of rotatable bonds is 4. The van der Waals surface area contributed by atoms with Gasteiger partial charge < -0.3 is 10.9 Å². The number of hydrogen-bond donors (Lipinski definition) is 2. The van der Waals surface area contributed by atoms with Crippen LogP contribution in [0.1, 0.15) is 28.2 Å². The van der Waals surface area contributed by atoms with Gasteiger partial charge in [0.1, 0.15) is 11.5 Å². The second kappa shape index (κ2) is 6.92. The van der Waals surface area contributed by atoms with Crippen LogP contribution in [0.4, 0.5) is 0 Å². The fraction of sp³-hybridized carbons (Fsp3) is 0.0435. The number of benzene rings is 3. The quantitative estimate of drug-likeness (QED) is 0.548. The Bertz CT molecular complexity index is 1010. The molecule has 0 fully saturated rings. The van der Waals surface area contributed by atoms with Crippen LogP contribution >= 0.6 is 0 Å². The number of carbonyl (C=O) groups excluding carboxylic acids is 1. The Balaban J connectivity index is 1.87. The van der Waals surface area contributed by atoms with E-state index in [-0.39, 0.29) is 17.1 Å². The van der Waals surface area contributed by atoms with Crippen molar-refractivity contribution in [3.63, 3.8) is 0 Å². The summed E-state index contributed by atoms with van der Waals surface area (Å²) in [4.78, 5) is 13.6. The van der Waals surface area contributed by atoms with Crippen molar-refractivity contribution in [2.75, 3.05) is 0 Å². The van der Waals surface area contributed by atoms with E-state index >= 15 is 0 Å². The molecule has 0 heterocycles. The number of hydrogen-bond acceptors (Lipinski definition) is 4. The van der Waals surface area contributed by atoms with Crippen LogP contribution in [0.2, 0.25) is 0 Å². The van der Waals surface area contributed by atoms with E-state index in [0.29, 0.717) is 16.8 Å². The summed E-state index contributed by atoms with van der Waals surface area (Å²) >= 11 is 0. The van der Waals surface area contributed by atoms with E-state index in [4.69, 9.17) is 5.84 Å². The topological polar surface area (TPSA) is 75.7 Å². The van der Waals surface area contributed by atoms with Crippen LogP contribution in [-0.2, 0) is 4.79 Å². The highest BCUT2D eigenvalue weighted by molar-refractivity contribution is 6.37. The lowest BCUT2D eigenvalue weighted by atomic mass is 9.83. The number of hydrazone groups is 1. The van der Waals surface area contributed by atoms with Crippen molar-refractivity contribution in [2.24, 2.45) is 10.9 Å². The Kier molecular flexibility index (Phi) is 4.30. The van der Waals surface area contributed by atoms with E-state index in [1.54, 1.807) is 12.1 Å². The monoisotopic (exact) mass is 354 g/mol. The molecule has 4 nitrogen and oxygen atoms in total. The largest absolute Gasteiger partial charge is 0.506 e. The molecule has 3 aromatic rings. The molecule has 132 valence electrons. The van der Waals surface area contributed by atoms with Gasteiger partial charge in [0.15, 0.2) is 5.78 Å². The van der Waals surface area contributed by atoms with Crippen LogP contribution in [-0.4, -0.2) is 16.6 Å². The number of ketones is 1. The van der Waals surface area contributed by atoms with E-state index in [1.165, 1.54) is 0 Å². The molecule has 0 spiro atoms.